The first kappa shape index (κ1) is 41.0. The van der Waals surface area contributed by atoms with Crippen molar-refractivity contribution in [2.24, 2.45) is 7.05 Å². The van der Waals surface area contributed by atoms with Gasteiger partial charge < -0.3 is 49.9 Å². The van der Waals surface area contributed by atoms with Crippen molar-refractivity contribution in [3.8, 4) is 23.5 Å². The quantitative estimate of drug-likeness (QED) is 0.0578. The minimum atomic E-state index is -1.29. The number of nitrogens with zero attached hydrogens (tertiary/aromatic N) is 5. The molecular formula is C45H53N9O6. The van der Waals surface area contributed by atoms with Crippen LogP contribution in [0.5, 0.6) is 0 Å². The largest absolute Gasteiger partial charge is 0.465 e. The first-order valence-electron chi connectivity index (χ1n) is 20.8. The molecular weight excluding hydrogens is 763 g/mol. The maximum Gasteiger partial charge on any atom is 0.405 e. The standard InChI is InChI=1S/C45H53N9O6/c1-4-19-49-44(2)17-23-53(24-18-44)32-15-21-54(22-16-32)42-50-37-13-10-30(36-27-52(3)41(56)39-34(36)14-20-46-39)25-35(37)40(51-42)45(60-33-11-12-33,31-8-6-5-7-9-31)28-59-29-48-38(55)26-47-43(57)58/h1,5-10,13-14,20,25,27,32-33,46-47,49H,11-12,15-19,21-24,26,28-29H2,2-3H3,(H,48,55)(H,57,58)/t45-/m0/s1. The average Bonchev–Trinajstić information content (AvgIpc) is 3.95. The number of aromatic amines is 1. The van der Waals surface area contributed by atoms with Crippen molar-refractivity contribution < 1.29 is 24.2 Å². The number of rotatable bonds is 15. The molecule has 5 heterocycles. The van der Waals surface area contributed by atoms with Crippen LogP contribution < -0.4 is 26.4 Å². The monoisotopic (exact) mass is 815 g/mol. The van der Waals surface area contributed by atoms with Gasteiger partial charge in [-0.15, -0.1) is 6.42 Å². The number of piperidine rings is 2. The molecule has 0 radical (unpaired) electrons. The Morgan fingerprint density at radius 1 is 1.02 bits per heavy atom. The molecule has 314 valence electrons. The molecule has 3 aliphatic rings. The summed E-state index contributed by atoms with van der Waals surface area (Å²) in [5, 5.41) is 18.8. The van der Waals surface area contributed by atoms with E-state index in [1.54, 1.807) is 17.8 Å². The lowest BCUT2D eigenvalue weighted by atomic mass is 9.87. The van der Waals surface area contributed by atoms with E-state index < -0.39 is 24.1 Å². The van der Waals surface area contributed by atoms with Crippen LogP contribution in [0.2, 0.25) is 0 Å². The zero-order chi connectivity index (χ0) is 41.9. The number of nitrogens with one attached hydrogen (secondary N) is 4. The number of amides is 2. The summed E-state index contributed by atoms with van der Waals surface area (Å²) >= 11 is 0. The second-order valence-electron chi connectivity index (χ2n) is 16.5. The first-order valence-corrected chi connectivity index (χ1v) is 20.8. The Labute approximate surface area is 348 Å². The zero-order valence-corrected chi connectivity index (χ0v) is 34.2. The molecule has 2 amide bonds. The number of carbonyl (C=O) groups excluding carboxylic acids is 1. The lowest BCUT2D eigenvalue weighted by Crippen LogP contribution is -2.55. The van der Waals surface area contributed by atoms with Gasteiger partial charge in [-0.05, 0) is 74.8 Å². The summed E-state index contributed by atoms with van der Waals surface area (Å²) in [7, 11) is 1.75. The predicted octanol–water partition coefficient (Wildman–Crippen LogP) is 4.30. The molecule has 3 fully saturated rings. The lowest BCUT2D eigenvalue weighted by molar-refractivity contribution is -0.124. The van der Waals surface area contributed by atoms with Crippen LogP contribution in [0, 0.1) is 12.3 Å². The number of anilines is 1. The molecule has 15 heteroatoms. The van der Waals surface area contributed by atoms with Gasteiger partial charge in [0.05, 0.1) is 30.5 Å². The van der Waals surface area contributed by atoms with E-state index in [1.165, 1.54) is 0 Å². The van der Waals surface area contributed by atoms with Crippen LogP contribution in [0.1, 0.15) is 56.7 Å². The highest BCUT2D eigenvalue weighted by Gasteiger charge is 2.45. The Balaban J connectivity index is 1.18. The molecule has 2 saturated heterocycles. The van der Waals surface area contributed by atoms with Crippen LogP contribution in [0.3, 0.4) is 0 Å². The third-order valence-corrected chi connectivity index (χ3v) is 12.3. The Hall–Kier alpha value is -5.79. The van der Waals surface area contributed by atoms with Crippen molar-refractivity contribution in [3.63, 3.8) is 0 Å². The Bertz CT molecular complexity index is 2440. The van der Waals surface area contributed by atoms with E-state index >= 15 is 0 Å². The Morgan fingerprint density at radius 3 is 2.50 bits per heavy atom. The van der Waals surface area contributed by atoms with E-state index in [9.17, 15) is 14.4 Å². The number of fused-ring (bicyclic) bond motifs is 2. The molecule has 0 spiro atoms. The minimum absolute atomic E-state index is 0.00994. The summed E-state index contributed by atoms with van der Waals surface area (Å²) in [4.78, 5) is 55.2. The molecule has 5 aromatic rings. The number of terminal acetylenes is 1. The van der Waals surface area contributed by atoms with E-state index in [0.717, 1.165) is 97.7 Å². The topological polar surface area (TPSA) is 179 Å². The number of ether oxygens (including phenoxy) is 2. The third kappa shape index (κ3) is 8.73. The van der Waals surface area contributed by atoms with Gasteiger partial charge in [-0.1, -0.05) is 42.3 Å². The van der Waals surface area contributed by atoms with E-state index in [1.807, 2.05) is 54.7 Å². The third-order valence-electron chi connectivity index (χ3n) is 12.3. The van der Waals surface area contributed by atoms with Crippen molar-refractivity contribution in [1.82, 2.24) is 40.4 Å². The van der Waals surface area contributed by atoms with Crippen LogP contribution in [0.4, 0.5) is 10.7 Å². The van der Waals surface area contributed by atoms with Gasteiger partial charge in [-0.25, -0.2) is 14.8 Å². The lowest BCUT2D eigenvalue weighted by Gasteiger charge is -2.45. The fraction of sp³-hybridized carbons (Fsp3) is 0.444. The predicted molar refractivity (Wildman–Crippen MR) is 230 cm³/mol. The van der Waals surface area contributed by atoms with Gasteiger partial charge in [0.1, 0.15) is 18.8 Å². The summed E-state index contributed by atoms with van der Waals surface area (Å²) in [6, 6.07) is 18.4. The number of hydrogen-bond acceptors (Lipinski definition) is 10. The van der Waals surface area contributed by atoms with Gasteiger partial charge >= 0.3 is 6.09 Å². The molecule has 1 aliphatic carbocycles. The van der Waals surface area contributed by atoms with E-state index in [0.29, 0.717) is 29.7 Å². The molecule has 3 aromatic heterocycles. The summed E-state index contributed by atoms with van der Waals surface area (Å²) in [6.07, 6.45) is 13.6. The van der Waals surface area contributed by atoms with Crippen molar-refractivity contribution in [3.05, 3.63) is 88.6 Å². The first-order chi connectivity index (χ1) is 29.1. The van der Waals surface area contributed by atoms with Crippen LogP contribution in [-0.4, -0.2) is 112 Å². The Morgan fingerprint density at radius 2 is 1.78 bits per heavy atom. The van der Waals surface area contributed by atoms with E-state index in [-0.39, 0.29) is 30.5 Å². The fourth-order valence-corrected chi connectivity index (χ4v) is 8.66. The highest BCUT2D eigenvalue weighted by atomic mass is 16.6. The number of benzene rings is 2. The zero-order valence-electron chi connectivity index (χ0n) is 34.2. The smallest absolute Gasteiger partial charge is 0.405 e. The fourth-order valence-electron chi connectivity index (χ4n) is 8.66. The molecule has 0 bridgehead atoms. The number of pyridine rings is 1. The number of likely N-dealkylation sites (tertiary alicyclic amines) is 1. The van der Waals surface area contributed by atoms with Crippen LogP contribution >= 0.6 is 0 Å². The van der Waals surface area contributed by atoms with Gasteiger partial charge in [-0.2, -0.15) is 0 Å². The summed E-state index contributed by atoms with van der Waals surface area (Å²) in [5.74, 6) is 2.80. The molecule has 15 nitrogen and oxygen atoms in total. The molecule has 8 rings (SSSR count). The Kier molecular flexibility index (Phi) is 11.9. The molecule has 60 heavy (non-hydrogen) atoms. The van der Waals surface area contributed by atoms with Gasteiger partial charge in [0, 0.05) is 73.5 Å². The van der Waals surface area contributed by atoms with Crippen LogP contribution in [0.15, 0.2) is 71.8 Å². The number of hydrogen-bond donors (Lipinski definition) is 5. The van der Waals surface area contributed by atoms with Gasteiger partial charge in [0.25, 0.3) is 5.56 Å². The van der Waals surface area contributed by atoms with Crippen LogP contribution in [0.25, 0.3) is 32.9 Å². The van der Waals surface area contributed by atoms with Gasteiger partial charge in [-0.3, -0.25) is 9.59 Å². The maximum absolute atomic E-state index is 13.0. The number of carbonyl (C=O) groups is 2. The summed E-state index contributed by atoms with van der Waals surface area (Å²) in [5.41, 5.74) is 3.18. The van der Waals surface area contributed by atoms with Crippen molar-refractivity contribution in [2.75, 3.05) is 57.5 Å². The van der Waals surface area contributed by atoms with Crippen molar-refractivity contribution in [2.45, 2.75) is 68.7 Å². The van der Waals surface area contributed by atoms with E-state index in [2.05, 4.69) is 49.6 Å². The molecule has 1 atom stereocenters. The second kappa shape index (κ2) is 17.4. The molecule has 5 N–H and O–H groups in total. The van der Waals surface area contributed by atoms with Gasteiger partial charge in [0.2, 0.25) is 11.9 Å². The number of aryl methyl sites for hydroxylation is 1. The maximum atomic E-state index is 13.0. The summed E-state index contributed by atoms with van der Waals surface area (Å²) in [6.45, 7) is 5.88. The highest BCUT2D eigenvalue weighted by Crippen LogP contribution is 2.44. The molecule has 0 unspecified atom stereocenters. The van der Waals surface area contributed by atoms with E-state index in [4.69, 9.17) is 31.0 Å². The SMILES string of the molecule is C#CCNC1(C)CCN(C2CCN(c3nc([C@@](COCNC(=O)CNC(=O)O)(OC4CC4)c4ccccc4)c4cc(-c5cn(C)c(=O)c6[nH]ccc56)ccc4n3)CC2)CC1. The second-order valence-corrected chi connectivity index (χ2v) is 16.5. The average molecular weight is 816 g/mol. The number of H-pyrrole nitrogens is 1. The van der Waals surface area contributed by atoms with Crippen molar-refractivity contribution in [1.29, 1.82) is 0 Å². The normalized spacial score (nSPS) is 18.2. The molecule has 2 aliphatic heterocycles. The molecule has 1 saturated carbocycles. The summed E-state index contributed by atoms with van der Waals surface area (Å²) < 4.78 is 15.0. The van der Waals surface area contributed by atoms with Crippen LogP contribution in [-0.2, 0) is 26.9 Å². The molecule has 2 aromatic carbocycles. The van der Waals surface area contributed by atoms with Crippen molar-refractivity contribution >= 4 is 39.8 Å². The number of carboxylic acid groups (broad SMARTS) is 1. The minimum Gasteiger partial charge on any atom is -0.465 e. The van der Waals surface area contributed by atoms with Gasteiger partial charge in [0.15, 0.2) is 5.60 Å². The number of aromatic nitrogens is 4. The highest BCUT2D eigenvalue weighted by molar-refractivity contribution is 5.97.